The molecule has 2 unspecified atom stereocenters. The van der Waals surface area contributed by atoms with Gasteiger partial charge in [0.05, 0.1) is 0 Å². The van der Waals surface area contributed by atoms with E-state index in [4.69, 9.17) is 10.3 Å². The number of aromatic nitrogens is 2. The number of likely N-dealkylation sites (tertiary alicyclic amines) is 1. The molecule has 30 heavy (non-hydrogen) atoms. The molecule has 0 saturated carbocycles. The molecule has 1 fully saturated rings. The van der Waals surface area contributed by atoms with Crippen molar-refractivity contribution in [1.29, 1.82) is 0 Å². The minimum absolute atomic E-state index is 0. The molecule has 1 amide bonds. The molecule has 158 valence electrons. The molecule has 0 spiro atoms. The molecule has 0 bridgehead atoms. The lowest BCUT2D eigenvalue weighted by Gasteiger charge is -2.23. The van der Waals surface area contributed by atoms with E-state index in [1.807, 2.05) is 30.3 Å². The Morgan fingerprint density at radius 1 is 1.20 bits per heavy atom. The zero-order valence-corrected chi connectivity index (χ0v) is 17.2. The topological polar surface area (TPSA) is 85.3 Å². The molecular formula is C22H24ClFN4O2. The lowest BCUT2D eigenvalue weighted by atomic mass is 10.0. The molecule has 2 N–H and O–H groups in total. The van der Waals surface area contributed by atoms with Gasteiger partial charge in [-0.25, -0.2) is 4.39 Å². The third kappa shape index (κ3) is 4.86. The van der Waals surface area contributed by atoms with E-state index in [0.29, 0.717) is 30.2 Å². The van der Waals surface area contributed by atoms with Crippen LogP contribution in [0.1, 0.15) is 36.8 Å². The number of carbonyl (C=O) groups is 1. The molecule has 0 radical (unpaired) electrons. The predicted molar refractivity (Wildman–Crippen MR) is 113 cm³/mol. The summed E-state index contributed by atoms with van der Waals surface area (Å²) < 4.78 is 19.3. The maximum atomic E-state index is 13.8. The first-order chi connectivity index (χ1) is 14.1. The van der Waals surface area contributed by atoms with Gasteiger partial charge >= 0.3 is 0 Å². The van der Waals surface area contributed by atoms with E-state index in [1.54, 1.807) is 23.1 Å². The van der Waals surface area contributed by atoms with Crippen LogP contribution in [0.3, 0.4) is 0 Å². The van der Waals surface area contributed by atoms with Crippen LogP contribution in [-0.4, -0.2) is 33.5 Å². The average molecular weight is 431 g/mol. The normalized spacial score (nSPS) is 16.9. The Labute approximate surface area is 180 Å². The number of carbonyl (C=O) groups excluding carboxylic acids is 1. The molecular weight excluding hydrogens is 407 g/mol. The number of halogens is 2. The van der Waals surface area contributed by atoms with Gasteiger partial charge in [-0.05, 0) is 30.9 Å². The van der Waals surface area contributed by atoms with Gasteiger partial charge in [-0.2, -0.15) is 4.98 Å². The number of nitrogens with zero attached hydrogens (tertiary/aromatic N) is 3. The highest BCUT2D eigenvalue weighted by molar-refractivity contribution is 5.85. The molecule has 6 nitrogen and oxygen atoms in total. The Kier molecular flexibility index (Phi) is 7.18. The Bertz CT molecular complexity index is 982. The number of hydrogen-bond donors (Lipinski definition) is 1. The van der Waals surface area contributed by atoms with Gasteiger partial charge in [0.2, 0.25) is 17.6 Å². The monoisotopic (exact) mass is 430 g/mol. The lowest BCUT2D eigenvalue weighted by Crippen LogP contribution is -2.36. The second-order valence-electron chi connectivity index (χ2n) is 7.33. The number of rotatable bonds is 6. The van der Waals surface area contributed by atoms with Crippen molar-refractivity contribution in [3.63, 3.8) is 0 Å². The molecule has 8 heteroatoms. The first-order valence-corrected chi connectivity index (χ1v) is 9.79. The minimum Gasteiger partial charge on any atom is -0.337 e. The molecule has 1 aliphatic rings. The average Bonchev–Trinajstić information content (AvgIpc) is 3.40. The molecule has 2 atom stereocenters. The van der Waals surface area contributed by atoms with Crippen LogP contribution in [0.15, 0.2) is 59.1 Å². The van der Waals surface area contributed by atoms with Gasteiger partial charge in [0, 0.05) is 24.6 Å². The summed E-state index contributed by atoms with van der Waals surface area (Å²) >= 11 is 0. The van der Waals surface area contributed by atoms with Gasteiger partial charge in [-0.15, -0.1) is 12.4 Å². The van der Waals surface area contributed by atoms with E-state index in [1.165, 1.54) is 6.07 Å². The second-order valence-corrected chi connectivity index (χ2v) is 7.33. The molecule has 1 aliphatic heterocycles. The number of hydrogen-bond acceptors (Lipinski definition) is 5. The van der Waals surface area contributed by atoms with Gasteiger partial charge < -0.3 is 15.2 Å². The van der Waals surface area contributed by atoms with E-state index < -0.39 is 6.04 Å². The maximum Gasteiger partial charge on any atom is 0.249 e. The zero-order valence-electron chi connectivity index (χ0n) is 16.4. The van der Waals surface area contributed by atoms with E-state index >= 15 is 0 Å². The van der Waals surface area contributed by atoms with Gasteiger partial charge in [-0.1, -0.05) is 53.7 Å². The largest absolute Gasteiger partial charge is 0.337 e. The number of amides is 1. The number of benzene rings is 2. The highest BCUT2D eigenvalue weighted by Gasteiger charge is 2.34. The fraction of sp³-hybridized carbons (Fsp3) is 0.318. The lowest BCUT2D eigenvalue weighted by molar-refractivity contribution is -0.132. The van der Waals surface area contributed by atoms with E-state index in [0.717, 1.165) is 18.4 Å². The van der Waals surface area contributed by atoms with Crippen molar-refractivity contribution in [3.8, 4) is 11.4 Å². The Morgan fingerprint density at radius 2 is 1.93 bits per heavy atom. The summed E-state index contributed by atoms with van der Waals surface area (Å²) in [6.07, 6.45) is 2.09. The standard InChI is InChI=1S/C22H23FN4O2.ClH/c23-18-10-5-4-9-16(18)13-17(24)14-20(28)27-12-6-11-19(27)22-25-21(26-29-22)15-7-2-1-3-8-15;/h1-5,7-10,17,19H,6,11-14,24H2;1H. The Morgan fingerprint density at radius 3 is 2.70 bits per heavy atom. The van der Waals surface area contributed by atoms with E-state index in [9.17, 15) is 9.18 Å². The zero-order chi connectivity index (χ0) is 20.2. The summed E-state index contributed by atoms with van der Waals surface area (Å²) in [5.74, 6) is 0.582. The predicted octanol–water partition coefficient (Wildman–Crippen LogP) is 3.92. The highest BCUT2D eigenvalue weighted by atomic mass is 35.5. The van der Waals surface area contributed by atoms with Crippen molar-refractivity contribution in [3.05, 3.63) is 71.9 Å². The van der Waals surface area contributed by atoms with Gasteiger partial charge in [0.15, 0.2) is 0 Å². The van der Waals surface area contributed by atoms with Crippen molar-refractivity contribution in [2.24, 2.45) is 5.73 Å². The summed E-state index contributed by atoms with van der Waals surface area (Å²) in [6, 6.07) is 15.4. The van der Waals surface area contributed by atoms with Gasteiger partial charge in [-0.3, -0.25) is 4.79 Å². The van der Waals surface area contributed by atoms with E-state index in [-0.39, 0.29) is 36.6 Å². The van der Waals surface area contributed by atoms with Crippen LogP contribution >= 0.6 is 12.4 Å². The van der Waals surface area contributed by atoms with Crippen LogP contribution < -0.4 is 5.73 Å². The van der Waals surface area contributed by atoms with Crippen LogP contribution in [0.2, 0.25) is 0 Å². The molecule has 0 aliphatic carbocycles. The summed E-state index contributed by atoms with van der Waals surface area (Å²) in [5.41, 5.74) is 7.53. The minimum atomic E-state index is -0.455. The van der Waals surface area contributed by atoms with E-state index in [2.05, 4.69) is 10.1 Å². The van der Waals surface area contributed by atoms with Crippen molar-refractivity contribution >= 4 is 18.3 Å². The first kappa shape index (κ1) is 21.9. The SMILES string of the molecule is Cl.NC(CC(=O)N1CCCC1c1nc(-c2ccccc2)no1)Cc1ccccc1F. The van der Waals surface area contributed by atoms with Gasteiger partial charge in [0.1, 0.15) is 11.9 Å². The number of nitrogens with two attached hydrogens (primary N) is 1. The van der Waals surface area contributed by atoms with Crippen LogP contribution in [0.25, 0.3) is 11.4 Å². The first-order valence-electron chi connectivity index (χ1n) is 9.79. The van der Waals surface area contributed by atoms with Crippen molar-refractivity contribution < 1.29 is 13.7 Å². The van der Waals surface area contributed by atoms with Crippen LogP contribution in [-0.2, 0) is 11.2 Å². The molecule has 4 rings (SSSR count). The highest BCUT2D eigenvalue weighted by Crippen LogP contribution is 2.32. The third-order valence-electron chi connectivity index (χ3n) is 5.21. The summed E-state index contributed by atoms with van der Waals surface area (Å²) in [7, 11) is 0. The molecule has 3 aromatic rings. The summed E-state index contributed by atoms with van der Waals surface area (Å²) in [6.45, 7) is 0.624. The third-order valence-corrected chi connectivity index (χ3v) is 5.21. The summed E-state index contributed by atoms with van der Waals surface area (Å²) in [5, 5.41) is 4.06. The molecule has 2 aromatic carbocycles. The fourth-order valence-corrected chi connectivity index (χ4v) is 3.76. The quantitative estimate of drug-likeness (QED) is 0.640. The van der Waals surface area contributed by atoms with Crippen molar-refractivity contribution in [2.75, 3.05) is 6.54 Å². The van der Waals surface area contributed by atoms with Gasteiger partial charge in [0.25, 0.3) is 0 Å². The molecule has 2 heterocycles. The van der Waals surface area contributed by atoms with Crippen LogP contribution in [0.5, 0.6) is 0 Å². The smallest absolute Gasteiger partial charge is 0.249 e. The molecule has 1 aromatic heterocycles. The Hall–Kier alpha value is -2.77. The van der Waals surface area contributed by atoms with Crippen molar-refractivity contribution in [1.82, 2.24) is 15.0 Å². The maximum absolute atomic E-state index is 13.8. The summed E-state index contributed by atoms with van der Waals surface area (Å²) in [4.78, 5) is 19.1. The Balaban J connectivity index is 0.00000256. The van der Waals surface area contributed by atoms with Crippen molar-refractivity contribution in [2.45, 2.75) is 37.8 Å². The molecule has 1 saturated heterocycles. The second kappa shape index (κ2) is 9.82. The van der Waals surface area contributed by atoms with Crippen LogP contribution in [0.4, 0.5) is 4.39 Å². The fourth-order valence-electron chi connectivity index (χ4n) is 3.76. The van der Waals surface area contributed by atoms with Crippen LogP contribution in [0, 0.1) is 5.82 Å².